The molecule has 1 atom stereocenters. The van der Waals surface area contributed by atoms with E-state index >= 15 is 0 Å². The van der Waals surface area contributed by atoms with Crippen LogP contribution in [-0.4, -0.2) is 35.8 Å². The largest absolute Gasteiger partial charge is 0.353 e. The van der Waals surface area contributed by atoms with Crippen LogP contribution in [0.3, 0.4) is 0 Å². The van der Waals surface area contributed by atoms with Gasteiger partial charge in [0.25, 0.3) is 0 Å². The number of hydrogen-bond donors (Lipinski definition) is 1. The molecule has 1 saturated heterocycles. The summed E-state index contributed by atoms with van der Waals surface area (Å²) in [5.41, 5.74) is 0. The minimum atomic E-state index is -0.283. The summed E-state index contributed by atoms with van der Waals surface area (Å²) >= 11 is 1.67. The van der Waals surface area contributed by atoms with E-state index in [4.69, 9.17) is 0 Å². The molecule has 5 heteroatoms. The summed E-state index contributed by atoms with van der Waals surface area (Å²) in [5, 5.41) is 4.82. The van der Waals surface area contributed by atoms with E-state index in [0.717, 1.165) is 6.42 Å². The third-order valence-electron chi connectivity index (χ3n) is 3.20. The highest BCUT2D eigenvalue weighted by Crippen LogP contribution is 2.14. The van der Waals surface area contributed by atoms with Crippen molar-refractivity contribution in [3.63, 3.8) is 0 Å². The summed E-state index contributed by atoms with van der Waals surface area (Å²) < 4.78 is 0. The molecule has 0 aromatic carbocycles. The quantitative estimate of drug-likeness (QED) is 0.896. The van der Waals surface area contributed by atoms with E-state index in [9.17, 15) is 9.59 Å². The Morgan fingerprint density at radius 1 is 1.61 bits per heavy atom. The number of hydrogen-bond acceptors (Lipinski definition) is 3. The van der Waals surface area contributed by atoms with E-state index in [1.165, 1.54) is 4.88 Å². The Labute approximate surface area is 111 Å². The van der Waals surface area contributed by atoms with Gasteiger partial charge in [-0.3, -0.25) is 9.59 Å². The van der Waals surface area contributed by atoms with Crippen molar-refractivity contribution >= 4 is 23.2 Å². The smallest absolute Gasteiger partial charge is 0.242 e. The van der Waals surface area contributed by atoms with Crippen LogP contribution in [0.4, 0.5) is 0 Å². The highest BCUT2D eigenvalue weighted by atomic mass is 32.1. The van der Waals surface area contributed by atoms with Gasteiger partial charge >= 0.3 is 0 Å². The first kappa shape index (κ1) is 13.1. The van der Waals surface area contributed by atoms with Gasteiger partial charge in [-0.2, -0.15) is 0 Å². The van der Waals surface area contributed by atoms with Gasteiger partial charge in [0, 0.05) is 24.4 Å². The molecule has 1 unspecified atom stereocenters. The Morgan fingerprint density at radius 2 is 2.44 bits per heavy atom. The van der Waals surface area contributed by atoms with Crippen LogP contribution in [0.2, 0.25) is 0 Å². The van der Waals surface area contributed by atoms with Gasteiger partial charge in [-0.15, -0.1) is 11.3 Å². The molecule has 98 valence electrons. The second kappa shape index (κ2) is 6.00. The van der Waals surface area contributed by atoms with Crippen LogP contribution < -0.4 is 5.32 Å². The van der Waals surface area contributed by atoms with Crippen molar-refractivity contribution in [1.29, 1.82) is 0 Å². The normalized spacial score (nSPS) is 19.7. The summed E-state index contributed by atoms with van der Waals surface area (Å²) in [6.45, 7) is 3.14. The number of piperazine rings is 1. The van der Waals surface area contributed by atoms with E-state index in [-0.39, 0.29) is 17.9 Å². The molecule has 0 bridgehead atoms. The van der Waals surface area contributed by atoms with E-state index in [0.29, 0.717) is 25.9 Å². The molecule has 2 heterocycles. The second-order valence-corrected chi connectivity index (χ2v) is 5.41. The Bertz CT molecular complexity index is 417. The molecule has 1 aromatic rings. The van der Waals surface area contributed by atoms with E-state index in [1.54, 1.807) is 16.2 Å². The first-order valence-electron chi connectivity index (χ1n) is 6.32. The molecule has 18 heavy (non-hydrogen) atoms. The first-order chi connectivity index (χ1) is 8.72. The fraction of sp³-hybridized carbons (Fsp3) is 0.538. The number of aryl methyl sites for hydroxylation is 1. The summed E-state index contributed by atoms with van der Waals surface area (Å²) in [6, 6.07) is 3.75. The summed E-state index contributed by atoms with van der Waals surface area (Å²) in [5.74, 6) is 0.0679. The molecule has 1 aromatic heterocycles. The van der Waals surface area contributed by atoms with Gasteiger partial charge < -0.3 is 10.2 Å². The molecular weight excluding hydrogens is 248 g/mol. The predicted octanol–water partition coefficient (Wildman–Crippen LogP) is 1.42. The molecule has 0 saturated carbocycles. The van der Waals surface area contributed by atoms with Crippen LogP contribution in [0, 0.1) is 0 Å². The van der Waals surface area contributed by atoms with Crippen molar-refractivity contribution in [2.45, 2.75) is 32.2 Å². The maximum absolute atomic E-state index is 12.2. The Morgan fingerprint density at radius 3 is 3.11 bits per heavy atom. The average molecular weight is 266 g/mol. The predicted molar refractivity (Wildman–Crippen MR) is 71.4 cm³/mol. The number of carbonyl (C=O) groups is 2. The van der Waals surface area contributed by atoms with Gasteiger partial charge in [-0.05, 0) is 24.3 Å². The highest BCUT2D eigenvalue weighted by Gasteiger charge is 2.30. The fourth-order valence-electron chi connectivity index (χ4n) is 2.25. The van der Waals surface area contributed by atoms with Crippen LogP contribution in [0.1, 0.15) is 24.6 Å². The maximum Gasteiger partial charge on any atom is 0.242 e. The molecule has 0 aliphatic carbocycles. The van der Waals surface area contributed by atoms with Crippen molar-refractivity contribution in [3.05, 3.63) is 22.4 Å². The SMILES string of the molecule is CCC1C(=O)NCCN1C(=O)CCc1cccs1. The Kier molecular flexibility index (Phi) is 4.36. The number of nitrogens with one attached hydrogen (secondary N) is 1. The van der Waals surface area contributed by atoms with Gasteiger partial charge in [0.2, 0.25) is 11.8 Å². The van der Waals surface area contributed by atoms with Crippen molar-refractivity contribution in [3.8, 4) is 0 Å². The minimum absolute atomic E-state index is 0.0202. The van der Waals surface area contributed by atoms with Gasteiger partial charge in [0.15, 0.2) is 0 Å². The molecule has 1 N–H and O–H groups in total. The van der Waals surface area contributed by atoms with Crippen LogP contribution in [0.5, 0.6) is 0 Å². The van der Waals surface area contributed by atoms with E-state index < -0.39 is 0 Å². The zero-order valence-electron chi connectivity index (χ0n) is 10.5. The monoisotopic (exact) mass is 266 g/mol. The van der Waals surface area contributed by atoms with Crippen molar-refractivity contribution in [2.75, 3.05) is 13.1 Å². The number of carbonyl (C=O) groups excluding carboxylic acids is 2. The third-order valence-corrected chi connectivity index (χ3v) is 4.14. The molecule has 4 nitrogen and oxygen atoms in total. The number of nitrogens with zero attached hydrogens (tertiary/aromatic N) is 1. The Balaban J connectivity index is 1.92. The number of thiophene rings is 1. The van der Waals surface area contributed by atoms with Gasteiger partial charge in [0.05, 0.1) is 0 Å². The average Bonchev–Trinajstić information content (AvgIpc) is 2.88. The molecule has 2 rings (SSSR count). The molecule has 1 aliphatic rings. The number of amides is 2. The zero-order chi connectivity index (χ0) is 13.0. The summed E-state index contributed by atoms with van der Waals surface area (Å²) in [6.07, 6.45) is 1.94. The van der Waals surface area contributed by atoms with Crippen molar-refractivity contribution < 1.29 is 9.59 Å². The lowest BCUT2D eigenvalue weighted by molar-refractivity contribution is -0.143. The van der Waals surface area contributed by atoms with Gasteiger partial charge in [-0.1, -0.05) is 13.0 Å². The molecule has 1 aliphatic heterocycles. The first-order valence-corrected chi connectivity index (χ1v) is 7.20. The van der Waals surface area contributed by atoms with Crippen LogP contribution in [-0.2, 0) is 16.0 Å². The standard InChI is InChI=1S/C13H18N2O2S/c1-2-11-13(17)14-7-8-15(11)12(16)6-5-10-4-3-9-18-10/h3-4,9,11H,2,5-8H2,1H3,(H,14,17). The Hall–Kier alpha value is -1.36. The fourth-order valence-corrected chi connectivity index (χ4v) is 2.96. The molecule has 0 spiro atoms. The lowest BCUT2D eigenvalue weighted by atomic mass is 10.1. The number of rotatable bonds is 4. The van der Waals surface area contributed by atoms with Crippen molar-refractivity contribution in [2.24, 2.45) is 0 Å². The molecule has 1 fully saturated rings. The van der Waals surface area contributed by atoms with Gasteiger partial charge in [0.1, 0.15) is 6.04 Å². The minimum Gasteiger partial charge on any atom is -0.353 e. The van der Waals surface area contributed by atoms with Crippen molar-refractivity contribution in [1.82, 2.24) is 10.2 Å². The van der Waals surface area contributed by atoms with E-state index in [2.05, 4.69) is 5.32 Å². The molecule has 2 amide bonds. The summed E-state index contributed by atoms with van der Waals surface area (Å²) in [4.78, 5) is 26.8. The van der Waals surface area contributed by atoms with Crippen LogP contribution >= 0.6 is 11.3 Å². The topological polar surface area (TPSA) is 49.4 Å². The third kappa shape index (κ3) is 2.90. The molecular formula is C13H18N2O2S. The second-order valence-electron chi connectivity index (χ2n) is 4.38. The maximum atomic E-state index is 12.2. The highest BCUT2D eigenvalue weighted by molar-refractivity contribution is 7.09. The van der Waals surface area contributed by atoms with Gasteiger partial charge in [-0.25, -0.2) is 0 Å². The zero-order valence-corrected chi connectivity index (χ0v) is 11.3. The van der Waals surface area contributed by atoms with Crippen LogP contribution in [0.15, 0.2) is 17.5 Å². The van der Waals surface area contributed by atoms with Crippen LogP contribution in [0.25, 0.3) is 0 Å². The van der Waals surface area contributed by atoms with E-state index in [1.807, 2.05) is 24.4 Å². The molecule has 0 radical (unpaired) electrons. The lowest BCUT2D eigenvalue weighted by Crippen LogP contribution is -2.56. The summed E-state index contributed by atoms with van der Waals surface area (Å²) in [7, 11) is 0. The lowest BCUT2D eigenvalue weighted by Gasteiger charge is -2.34.